The quantitative estimate of drug-likeness (QED) is 0.374. The van der Waals surface area contributed by atoms with Crippen LogP contribution in [-0.2, 0) is 0 Å². The Morgan fingerprint density at radius 3 is 1.53 bits per heavy atom. The Morgan fingerprint density at radius 2 is 1.27 bits per heavy atom. The molecule has 0 saturated carbocycles. The van der Waals surface area contributed by atoms with Crippen LogP contribution in [-0.4, -0.2) is 41.1 Å². The zero-order chi connectivity index (χ0) is 11.9. The molecule has 0 aromatic heterocycles. The van der Waals surface area contributed by atoms with Gasteiger partial charge in [-0.1, -0.05) is 24.3 Å². The molecule has 0 aliphatic rings. The van der Waals surface area contributed by atoms with Crippen molar-refractivity contribution in [1.29, 1.82) is 0 Å². The lowest BCUT2D eigenvalue weighted by atomic mass is 10.5. The van der Waals surface area contributed by atoms with Gasteiger partial charge in [0, 0.05) is 26.2 Å². The van der Waals surface area contributed by atoms with E-state index in [4.69, 9.17) is 0 Å². The highest BCUT2D eigenvalue weighted by Gasteiger charge is 1.85. The summed E-state index contributed by atoms with van der Waals surface area (Å²) in [6, 6.07) is 0. The fraction of sp³-hybridized carbons (Fsp3) is 0.333. The third-order valence-corrected chi connectivity index (χ3v) is 2.19. The molecule has 0 rings (SSSR count). The summed E-state index contributed by atoms with van der Waals surface area (Å²) in [7, 11) is 1.10. The average molecular weight is 224 g/mol. The lowest BCUT2D eigenvalue weighted by Gasteiger charge is -2.09. The Bertz CT molecular complexity index is 160. The van der Waals surface area contributed by atoms with Gasteiger partial charge in [0.2, 0.25) is 0 Å². The third-order valence-electron chi connectivity index (χ3n) is 1.46. The summed E-state index contributed by atoms with van der Waals surface area (Å²) in [5, 5.41) is 3.05. The molecule has 0 amide bonds. The lowest BCUT2D eigenvalue weighted by molar-refractivity contribution is 0.558. The zero-order valence-corrected chi connectivity index (χ0v) is 11.9. The van der Waals surface area contributed by atoms with Crippen molar-refractivity contribution < 1.29 is 0 Å². The number of rotatable bonds is 8. The minimum Gasteiger partial charge on any atom is -0.325 e. The normalized spacial score (nSPS) is 8.87. The van der Waals surface area contributed by atoms with Gasteiger partial charge >= 0.3 is 0 Å². The minimum atomic E-state index is 0.867. The second-order valence-electron chi connectivity index (χ2n) is 3.03. The van der Waals surface area contributed by atoms with Crippen molar-refractivity contribution in [2.75, 3.05) is 26.2 Å². The van der Waals surface area contributed by atoms with E-state index >= 15 is 0 Å². The fourth-order valence-electron chi connectivity index (χ4n) is 0.803. The summed E-state index contributed by atoms with van der Waals surface area (Å²) in [5.74, 6) is 0. The summed E-state index contributed by atoms with van der Waals surface area (Å²) < 4.78 is 2.26. The molecule has 2 nitrogen and oxygen atoms in total. The Kier molecular flexibility index (Phi) is 17.1. The first-order valence-corrected chi connectivity index (χ1v) is 5.95. The van der Waals surface area contributed by atoms with Gasteiger partial charge in [-0.2, -0.15) is 0 Å². The van der Waals surface area contributed by atoms with Crippen molar-refractivity contribution in [1.82, 2.24) is 9.88 Å². The molecule has 0 fully saturated rings. The molecule has 3 heteroatoms. The molecule has 15 heavy (non-hydrogen) atoms. The summed E-state index contributed by atoms with van der Waals surface area (Å²) >= 11 is 0. The molecule has 0 aliphatic carbocycles. The maximum Gasteiger partial charge on any atom is 0.0792 e. The second kappa shape index (κ2) is 15.6. The van der Waals surface area contributed by atoms with E-state index in [0.717, 1.165) is 36.6 Å². The number of nitrogens with zero attached hydrogens (tertiary/aromatic N) is 1. The van der Waals surface area contributed by atoms with Crippen molar-refractivity contribution >= 4 is 10.4 Å². The SMILES string of the molecule is C=CCN([SiH3])CC=C.C=CCNCC=C. The van der Waals surface area contributed by atoms with Gasteiger partial charge < -0.3 is 9.88 Å². The molecule has 0 spiro atoms. The van der Waals surface area contributed by atoms with Crippen LogP contribution in [0.2, 0.25) is 0 Å². The molecule has 0 heterocycles. The van der Waals surface area contributed by atoms with E-state index in [2.05, 4.69) is 36.2 Å². The second-order valence-corrected chi connectivity index (χ2v) is 4.30. The first-order valence-electron chi connectivity index (χ1n) is 5.05. The molecule has 0 saturated heterocycles. The zero-order valence-electron chi connectivity index (χ0n) is 9.91. The maximum absolute atomic E-state index is 3.63. The van der Waals surface area contributed by atoms with Crippen LogP contribution >= 0.6 is 0 Å². The number of nitrogens with one attached hydrogen (secondary N) is 1. The molecule has 0 aromatic carbocycles. The minimum absolute atomic E-state index is 0.867. The van der Waals surface area contributed by atoms with Gasteiger partial charge in [0.1, 0.15) is 0 Å². The van der Waals surface area contributed by atoms with Gasteiger partial charge in [0.15, 0.2) is 0 Å². The van der Waals surface area contributed by atoms with Crippen LogP contribution in [0.3, 0.4) is 0 Å². The Labute approximate surface area is 97.6 Å². The van der Waals surface area contributed by atoms with E-state index in [1.54, 1.807) is 0 Å². The summed E-state index contributed by atoms with van der Waals surface area (Å²) in [6.45, 7) is 18.1. The van der Waals surface area contributed by atoms with Gasteiger partial charge in [-0.25, -0.2) is 0 Å². The van der Waals surface area contributed by atoms with Crippen LogP contribution in [0.4, 0.5) is 0 Å². The largest absolute Gasteiger partial charge is 0.325 e. The van der Waals surface area contributed by atoms with Gasteiger partial charge in [0.25, 0.3) is 0 Å². The maximum atomic E-state index is 3.63. The molecule has 0 aliphatic heterocycles. The van der Waals surface area contributed by atoms with E-state index in [-0.39, 0.29) is 0 Å². The van der Waals surface area contributed by atoms with Crippen LogP contribution in [0.1, 0.15) is 0 Å². The standard InChI is InChI=1S/C6H13NSi.C6H11N/c1-3-5-7(8)6-4-2;1-3-5-7-6-4-2/h3-4H,1-2,5-6H2,8H3;3-4,7H,1-2,5-6H2. The highest BCUT2D eigenvalue weighted by Crippen LogP contribution is 1.78. The Balaban J connectivity index is 0. The van der Waals surface area contributed by atoms with E-state index < -0.39 is 0 Å². The summed E-state index contributed by atoms with van der Waals surface area (Å²) in [6.07, 6.45) is 7.47. The molecular weight excluding hydrogens is 200 g/mol. The van der Waals surface area contributed by atoms with Crippen LogP contribution in [0.15, 0.2) is 50.6 Å². The number of hydrogen-bond donors (Lipinski definition) is 1. The predicted octanol–water partition coefficient (Wildman–Crippen LogP) is 0.889. The van der Waals surface area contributed by atoms with Crippen molar-refractivity contribution in [2.45, 2.75) is 0 Å². The lowest BCUT2D eigenvalue weighted by Crippen LogP contribution is -2.19. The van der Waals surface area contributed by atoms with Crippen molar-refractivity contribution in [3.63, 3.8) is 0 Å². The Hall–Kier alpha value is -0.903. The highest BCUT2D eigenvalue weighted by molar-refractivity contribution is 6.04. The highest BCUT2D eigenvalue weighted by atomic mass is 28.2. The fourth-order valence-corrected chi connectivity index (χ4v) is 1.32. The topological polar surface area (TPSA) is 15.3 Å². The van der Waals surface area contributed by atoms with E-state index in [9.17, 15) is 0 Å². The predicted molar refractivity (Wildman–Crippen MR) is 75.2 cm³/mol. The van der Waals surface area contributed by atoms with E-state index in [0.29, 0.717) is 0 Å². The van der Waals surface area contributed by atoms with Crippen LogP contribution in [0.25, 0.3) is 0 Å². The van der Waals surface area contributed by atoms with Crippen LogP contribution < -0.4 is 5.32 Å². The van der Waals surface area contributed by atoms with Gasteiger partial charge in [-0.15, -0.1) is 26.3 Å². The molecule has 0 unspecified atom stereocenters. The summed E-state index contributed by atoms with van der Waals surface area (Å²) in [5.41, 5.74) is 0. The average Bonchev–Trinajstić information content (AvgIpc) is 2.20. The van der Waals surface area contributed by atoms with Crippen molar-refractivity contribution in [2.24, 2.45) is 0 Å². The monoisotopic (exact) mass is 224 g/mol. The van der Waals surface area contributed by atoms with Gasteiger partial charge in [-0.3, -0.25) is 0 Å². The molecule has 86 valence electrons. The molecule has 0 radical (unpaired) electrons. The number of hydrogen-bond acceptors (Lipinski definition) is 2. The molecule has 0 atom stereocenters. The first kappa shape index (κ1) is 16.5. The first-order chi connectivity index (χ1) is 7.22. The molecule has 0 aromatic rings. The smallest absolute Gasteiger partial charge is 0.0792 e. The van der Waals surface area contributed by atoms with Crippen LogP contribution in [0, 0.1) is 0 Å². The molecule has 0 bridgehead atoms. The van der Waals surface area contributed by atoms with E-state index in [1.807, 2.05) is 24.3 Å². The van der Waals surface area contributed by atoms with Crippen molar-refractivity contribution in [3.05, 3.63) is 50.6 Å². The third kappa shape index (κ3) is 19.5. The van der Waals surface area contributed by atoms with Gasteiger partial charge in [-0.05, 0) is 0 Å². The van der Waals surface area contributed by atoms with Gasteiger partial charge in [0.05, 0.1) is 10.4 Å². The Morgan fingerprint density at radius 1 is 0.867 bits per heavy atom. The summed E-state index contributed by atoms with van der Waals surface area (Å²) in [4.78, 5) is 0. The van der Waals surface area contributed by atoms with Crippen molar-refractivity contribution in [3.8, 4) is 0 Å². The molecular formula is C12H24N2Si. The van der Waals surface area contributed by atoms with E-state index in [1.165, 1.54) is 0 Å². The molecule has 1 N–H and O–H groups in total. The van der Waals surface area contributed by atoms with Crippen LogP contribution in [0.5, 0.6) is 0 Å².